The Morgan fingerprint density at radius 3 is 2.30 bits per heavy atom. The molecule has 1 fully saturated rings. The molecule has 1 amide bonds. The highest BCUT2D eigenvalue weighted by atomic mass is 32.2. The number of rotatable bonds is 7. The van der Waals surface area contributed by atoms with Gasteiger partial charge >= 0.3 is 0 Å². The van der Waals surface area contributed by atoms with Crippen LogP contribution in [0.1, 0.15) is 25.0 Å². The van der Waals surface area contributed by atoms with Crippen LogP contribution in [-0.4, -0.2) is 57.1 Å². The van der Waals surface area contributed by atoms with E-state index in [0.29, 0.717) is 32.7 Å². The zero-order valence-electron chi connectivity index (χ0n) is 18.0. The minimum atomic E-state index is -3.63. The van der Waals surface area contributed by atoms with Crippen LogP contribution in [0, 0.1) is 6.92 Å². The summed E-state index contributed by atoms with van der Waals surface area (Å²) in [5.41, 5.74) is 3.10. The summed E-state index contributed by atoms with van der Waals surface area (Å²) in [4.78, 5) is 14.6. The lowest BCUT2D eigenvalue weighted by molar-refractivity contribution is -0.118. The first-order valence-corrected chi connectivity index (χ1v) is 11.9. The SMILES string of the molecule is Cc1cccc(N2CCN(S(=O)(=O)CC(=O)NCC(C)(C)c3ccccc3)CC2)c1. The third kappa shape index (κ3) is 5.61. The van der Waals surface area contributed by atoms with E-state index in [9.17, 15) is 13.2 Å². The Kier molecular flexibility index (Phi) is 6.83. The number of hydrogen-bond donors (Lipinski definition) is 1. The van der Waals surface area contributed by atoms with Crippen LogP contribution in [0.15, 0.2) is 54.6 Å². The Labute approximate surface area is 179 Å². The molecule has 2 aromatic carbocycles. The molecule has 7 heteroatoms. The van der Waals surface area contributed by atoms with Crippen molar-refractivity contribution in [3.05, 3.63) is 65.7 Å². The van der Waals surface area contributed by atoms with Crippen LogP contribution >= 0.6 is 0 Å². The fourth-order valence-corrected chi connectivity index (χ4v) is 5.00. The van der Waals surface area contributed by atoms with Gasteiger partial charge in [-0.1, -0.05) is 56.3 Å². The quantitative estimate of drug-likeness (QED) is 0.734. The van der Waals surface area contributed by atoms with Crippen molar-refractivity contribution in [1.82, 2.24) is 9.62 Å². The van der Waals surface area contributed by atoms with Crippen LogP contribution in [0.4, 0.5) is 5.69 Å². The summed E-state index contributed by atoms with van der Waals surface area (Å²) in [6.45, 7) is 8.49. The van der Waals surface area contributed by atoms with Crippen LogP contribution in [0.5, 0.6) is 0 Å². The van der Waals surface area contributed by atoms with E-state index >= 15 is 0 Å². The smallest absolute Gasteiger partial charge is 0.236 e. The van der Waals surface area contributed by atoms with E-state index in [1.807, 2.05) is 69.3 Å². The van der Waals surface area contributed by atoms with Crippen LogP contribution < -0.4 is 10.2 Å². The van der Waals surface area contributed by atoms with Gasteiger partial charge in [-0.05, 0) is 30.2 Å². The number of nitrogens with zero attached hydrogens (tertiary/aromatic N) is 2. The largest absolute Gasteiger partial charge is 0.369 e. The van der Waals surface area contributed by atoms with E-state index in [2.05, 4.69) is 16.3 Å². The highest BCUT2D eigenvalue weighted by Crippen LogP contribution is 2.22. The zero-order chi connectivity index (χ0) is 21.8. The summed E-state index contributed by atoms with van der Waals surface area (Å²) >= 11 is 0. The minimum absolute atomic E-state index is 0.278. The molecule has 0 aromatic heterocycles. The molecule has 1 N–H and O–H groups in total. The summed E-state index contributed by atoms with van der Waals surface area (Å²) in [7, 11) is -3.63. The molecular weight excluding hydrogens is 398 g/mol. The van der Waals surface area contributed by atoms with Crippen molar-refractivity contribution in [2.24, 2.45) is 0 Å². The van der Waals surface area contributed by atoms with E-state index in [4.69, 9.17) is 0 Å². The number of amides is 1. The number of carbonyl (C=O) groups is 1. The van der Waals surface area contributed by atoms with Gasteiger partial charge in [0.1, 0.15) is 5.75 Å². The maximum absolute atomic E-state index is 12.7. The highest BCUT2D eigenvalue weighted by Gasteiger charge is 2.30. The average molecular weight is 430 g/mol. The van der Waals surface area contributed by atoms with Gasteiger partial charge in [0.2, 0.25) is 15.9 Å². The van der Waals surface area contributed by atoms with Crippen molar-refractivity contribution in [3.8, 4) is 0 Å². The van der Waals surface area contributed by atoms with Crippen molar-refractivity contribution in [1.29, 1.82) is 0 Å². The molecule has 1 aliphatic heterocycles. The van der Waals surface area contributed by atoms with Crippen molar-refractivity contribution < 1.29 is 13.2 Å². The van der Waals surface area contributed by atoms with Crippen molar-refractivity contribution in [2.45, 2.75) is 26.2 Å². The van der Waals surface area contributed by atoms with Gasteiger partial charge < -0.3 is 10.2 Å². The second kappa shape index (κ2) is 9.18. The van der Waals surface area contributed by atoms with E-state index in [0.717, 1.165) is 11.3 Å². The summed E-state index contributed by atoms with van der Waals surface area (Å²) < 4.78 is 26.9. The number of hydrogen-bond acceptors (Lipinski definition) is 4. The Morgan fingerprint density at radius 1 is 1.00 bits per heavy atom. The summed E-state index contributed by atoms with van der Waals surface area (Å²) in [6.07, 6.45) is 0. The number of sulfonamides is 1. The van der Waals surface area contributed by atoms with Gasteiger partial charge in [-0.3, -0.25) is 4.79 Å². The molecule has 162 valence electrons. The van der Waals surface area contributed by atoms with Gasteiger partial charge in [0.25, 0.3) is 0 Å². The van der Waals surface area contributed by atoms with E-state index in [1.165, 1.54) is 9.87 Å². The number of anilines is 1. The molecular formula is C23H31N3O3S. The third-order valence-corrected chi connectivity index (χ3v) is 7.37. The summed E-state index contributed by atoms with van der Waals surface area (Å²) in [6, 6.07) is 18.1. The minimum Gasteiger partial charge on any atom is -0.369 e. The van der Waals surface area contributed by atoms with E-state index in [1.54, 1.807) is 0 Å². The normalized spacial score (nSPS) is 15.8. The number of benzene rings is 2. The fourth-order valence-electron chi connectivity index (χ4n) is 3.67. The first-order chi connectivity index (χ1) is 14.2. The Bertz CT molecular complexity index is 966. The summed E-state index contributed by atoms with van der Waals surface area (Å²) in [5, 5.41) is 2.80. The Hall–Kier alpha value is -2.38. The number of piperazine rings is 1. The predicted octanol–water partition coefficient (Wildman–Crippen LogP) is 2.54. The first kappa shape index (κ1) is 22.3. The molecule has 0 spiro atoms. The molecule has 3 rings (SSSR count). The molecule has 1 heterocycles. The topological polar surface area (TPSA) is 69.7 Å². The monoisotopic (exact) mass is 429 g/mol. The van der Waals surface area contributed by atoms with Crippen molar-refractivity contribution >= 4 is 21.6 Å². The zero-order valence-corrected chi connectivity index (χ0v) is 18.8. The molecule has 0 bridgehead atoms. The standard InChI is InChI=1S/C23H31N3O3S/c1-19-8-7-11-21(16-19)25-12-14-26(15-13-25)30(28,29)17-22(27)24-18-23(2,3)20-9-5-4-6-10-20/h4-11,16H,12-15,17-18H2,1-3H3,(H,24,27). The van der Waals surface area contributed by atoms with Gasteiger partial charge in [-0.15, -0.1) is 0 Å². The number of aryl methyl sites for hydroxylation is 1. The lowest BCUT2D eigenvalue weighted by Crippen LogP contribution is -2.51. The van der Waals surface area contributed by atoms with E-state index < -0.39 is 21.7 Å². The molecule has 0 aliphatic carbocycles. The molecule has 0 saturated carbocycles. The third-order valence-electron chi connectivity index (χ3n) is 5.60. The molecule has 30 heavy (non-hydrogen) atoms. The van der Waals surface area contributed by atoms with Gasteiger partial charge in [-0.25, -0.2) is 8.42 Å². The maximum atomic E-state index is 12.7. The van der Waals surface area contributed by atoms with Gasteiger partial charge in [0.15, 0.2) is 0 Å². The predicted molar refractivity (Wildman–Crippen MR) is 121 cm³/mol. The lowest BCUT2D eigenvalue weighted by Gasteiger charge is -2.35. The average Bonchev–Trinajstić information content (AvgIpc) is 2.73. The van der Waals surface area contributed by atoms with Crippen molar-refractivity contribution in [3.63, 3.8) is 0 Å². The van der Waals surface area contributed by atoms with Crippen LogP contribution in [0.2, 0.25) is 0 Å². The summed E-state index contributed by atoms with van der Waals surface area (Å²) in [5.74, 6) is -0.970. The van der Waals surface area contributed by atoms with E-state index in [-0.39, 0.29) is 5.41 Å². The van der Waals surface area contributed by atoms with Crippen LogP contribution in [0.3, 0.4) is 0 Å². The van der Waals surface area contributed by atoms with Gasteiger partial charge in [0, 0.05) is 43.8 Å². The second-order valence-corrected chi connectivity index (χ2v) is 10.5. The Balaban J connectivity index is 1.52. The van der Waals surface area contributed by atoms with Gasteiger partial charge in [-0.2, -0.15) is 4.31 Å². The fraction of sp³-hybridized carbons (Fsp3) is 0.435. The first-order valence-electron chi connectivity index (χ1n) is 10.3. The second-order valence-electron chi connectivity index (χ2n) is 8.51. The molecule has 2 aromatic rings. The van der Waals surface area contributed by atoms with Crippen molar-refractivity contribution in [2.75, 3.05) is 43.4 Å². The molecule has 6 nitrogen and oxygen atoms in total. The Morgan fingerprint density at radius 2 is 1.67 bits per heavy atom. The molecule has 0 atom stereocenters. The maximum Gasteiger partial charge on any atom is 0.236 e. The number of nitrogens with one attached hydrogen (secondary N) is 1. The van der Waals surface area contributed by atoms with Crippen LogP contribution in [0.25, 0.3) is 0 Å². The van der Waals surface area contributed by atoms with Gasteiger partial charge in [0.05, 0.1) is 0 Å². The molecule has 1 aliphatic rings. The molecule has 0 radical (unpaired) electrons. The van der Waals surface area contributed by atoms with Crippen LogP contribution in [-0.2, 0) is 20.2 Å². The lowest BCUT2D eigenvalue weighted by atomic mass is 9.85. The molecule has 0 unspecified atom stereocenters. The molecule has 1 saturated heterocycles. The highest BCUT2D eigenvalue weighted by molar-refractivity contribution is 7.89. The number of carbonyl (C=O) groups excluding carboxylic acids is 1.